The minimum absolute atomic E-state index is 0. The quantitative estimate of drug-likeness (QED) is 0.750. The van der Waals surface area contributed by atoms with Gasteiger partial charge in [0, 0.05) is 12.1 Å². The molecule has 114 valence electrons. The fourth-order valence-corrected chi connectivity index (χ4v) is 1.80. The largest absolute Gasteiger partial charge is 0.386 e. The molecule has 1 aromatic carbocycles. The van der Waals surface area contributed by atoms with E-state index in [1.54, 1.807) is 12.1 Å². The third-order valence-corrected chi connectivity index (χ3v) is 2.80. The van der Waals surface area contributed by atoms with Crippen molar-refractivity contribution in [2.75, 3.05) is 6.54 Å². The standard InChI is InChI=1S/C14H21FN2O2.ClH/c1-9(2)7-12(16)14(19)17-8-13(18)10-5-3-4-6-11(10)15;/h3-6,9,12-13,18H,7-8,16H2,1-2H3,(H,17,19);1H/t12-,13?;/m0./s1. The molecule has 1 aromatic rings. The van der Waals surface area contributed by atoms with Gasteiger partial charge in [-0.25, -0.2) is 4.39 Å². The Morgan fingerprint density at radius 3 is 2.55 bits per heavy atom. The van der Waals surface area contributed by atoms with Crippen molar-refractivity contribution in [1.29, 1.82) is 0 Å². The van der Waals surface area contributed by atoms with E-state index < -0.39 is 18.0 Å². The molecule has 0 aliphatic carbocycles. The van der Waals surface area contributed by atoms with Crippen LogP contribution in [0.5, 0.6) is 0 Å². The number of nitrogens with two attached hydrogens (primary N) is 1. The Balaban J connectivity index is 0.00000361. The molecule has 0 aromatic heterocycles. The number of nitrogens with one attached hydrogen (secondary N) is 1. The van der Waals surface area contributed by atoms with Gasteiger partial charge in [0.25, 0.3) is 0 Å². The van der Waals surface area contributed by atoms with E-state index in [1.807, 2.05) is 13.8 Å². The average molecular weight is 305 g/mol. The van der Waals surface area contributed by atoms with E-state index in [0.29, 0.717) is 12.3 Å². The van der Waals surface area contributed by atoms with Gasteiger partial charge >= 0.3 is 0 Å². The predicted molar refractivity (Wildman–Crippen MR) is 79.0 cm³/mol. The highest BCUT2D eigenvalue weighted by Gasteiger charge is 2.17. The Kier molecular flexibility index (Phi) is 8.37. The van der Waals surface area contributed by atoms with Crippen LogP contribution in [0.3, 0.4) is 0 Å². The molecule has 1 unspecified atom stereocenters. The van der Waals surface area contributed by atoms with E-state index in [-0.39, 0.29) is 30.4 Å². The number of halogens is 2. The second-order valence-electron chi connectivity index (χ2n) is 5.02. The normalized spacial score (nSPS) is 13.5. The first kappa shape index (κ1) is 18.8. The Morgan fingerprint density at radius 2 is 2.00 bits per heavy atom. The molecule has 1 rings (SSSR count). The maximum Gasteiger partial charge on any atom is 0.237 e. The van der Waals surface area contributed by atoms with Crippen molar-refractivity contribution in [3.8, 4) is 0 Å². The predicted octanol–water partition coefficient (Wildman–Crippen LogP) is 1.77. The molecule has 0 fully saturated rings. The summed E-state index contributed by atoms with van der Waals surface area (Å²) in [7, 11) is 0. The van der Waals surface area contributed by atoms with E-state index in [9.17, 15) is 14.3 Å². The molecule has 1 amide bonds. The lowest BCUT2D eigenvalue weighted by Crippen LogP contribution is -2.42. The van der Waals surface area contributed by atoms with Crippen molar-refractivity contribution in [2.24, 2.45) is 11.7 Å². The van der Waals surface area contributed by atoms with Gasteiger partial charge in [0.1, 0.15) is 5.82 Å². The van der Waals surface area contributed by atoms with Crippen LogP contribution >= 0.6 is 12.4 Å². The Bertz CT molecular complexity index is 429. The summed E-state index contributed by atoms with van der Waals surface area (Å²) in [6.45, 7) is 3.90. The molecule has 4 N–H and O–H groups in total. The van der Waals surface area contributed by atoms with Crippen LogP contribution in [0, 0.1) is 11.7 Å². The SMILES string of the molecule is CC(C)C[C@H](N)C(=O)NCC(O)c1ccccc1F.Cl. The van der Waals surface area contributed by atoms with E-state index in [0.717, 1.165) is 0 Å². The fourth-order valence-electron chi connectivity index (χ4n) is 1.80. The number of carbonyl (C=O) groups excluding carboxylic acids is 1. The Hall–Kier alpha value is -1.17. The molecule has 2 atom stereocenters. The first-order valence-corrected chi connectivity index (χ1v) is 6.37. The van der Waals surface area contributed by atoms with Crippen LogP contribution in [0.15, 0.2) is 24.3 Å². The van der Waals surface area contributed by atoms with Crippen molar-refractivity contribution in [1.82, 2.24) is 5.32 Å². The van der Waals surface area contributed by atoms with Crippen LogP contribution in [-0.2, 0) is 4.79 Å². The lowest BCUT2D eigenvalue weighted by molar-refractivity contribution is -0.123. The van der Waals surface area contributed by atoms with Crippen LogP contribution < -0.4 is 11.1 Å². The molecule has 0 spiro atoms. The molecule has 6 heteroatoms. The van der Waals surface area contributed by atoms with Crippen LogP contribution in [0.1, 0.15) is 31.9 Å². The number of carbonyl (C=O) groups is 1. The van der Waals surface area contributed by atoms with E-state index >= 15 is 0 Å². The number of amides is 1. The maximum atomic E-state index is 13.4. The number of rotatable bonds is 6. The van der Waals surface area contributed by atoms with Crippen molar-refractivity contribution >= 4 is 18.3 Å². The minimum Gasteiger partial charge on any atom is -0.386 e. The topological polar surface area (TPSA) is 75.4 Å². The van der Waals surface area contributed by atoms with Crippen molar-refractivity contribution in [3.05, 3.63) is 35.6 Å². The molecular formula is C14H22ClFN2O2. The number of hydrogen-bond acceptors (Lipinski definition) is 3. The first-order chi connectivity index (χ1) is 8.91. The lowest BCUT2D eigenvalue weighted by Gasteiger charge is -2.17. The molecule has 0 bridgehead atoms. The minimum atomic E-state index is -1.07. The second kappa shape index (κ2) is 8.89. The van der Waals surface area contributed by atoms with Gasteiger partial charge in [-0.15, -0.1) is 12.4 Å². The molecule has 0 saturated heterocycles. The molecule has 0 radical (unpaired) electrons. The first-order valence-electron chi connectivity index (χ1n) is 6.37. The third-order valence-electron chi connectivity index (χ3n) is 2.80. The molecule has 0 heterocycles. The monoisotopic (exact) mass is 304 g/mol. The summed E-state index contributed by atoms with van der Waals surface area (Å²) in [5.41, 5.74) is 5.87. The lowest BCUT2D eigenvalue weighted by atomic mass is 10.0. The molecule has 4 nitrogen and oxygen atoms in total. The van der Waals surface area contributed by atoms with Crippen molar-refractivity contribution in [3.63, 3.8) is 0 Å². The van der Waals surface area contributed by atoms with Gasteiger partial charge in [0.15, 0.2) is 0 Å². The van der Waals surface area contributed by atoms with Gasteiger partial charge in [-0.3, -0.25) is 4.79 Å². The second-order valence-corrected chi connectivity index (χ2v) is 5.02. The van der Waals surface area contributed by atoms with Crippen LogP contribution in [0.4, 0.5) is 4.39 Å². The van der Waals surface area contributed by atoms with E-state index in [4.69, 9.17) is 5.73 Å². The van der Waals surface area contributed by atoms with Crippen molar-refractivity contribution in [2.45, 2.75) is 32.4 Å². The fraction of sp³-hybridized carbons (Fsp3) is 0.500. The number of aliphatic hydroxyl groups is 1. The molecule has 20 heavy (non-hydrogen) atoms. The smallest absolute Gasteiger partial charge is 0.237 e. The average Bonchev–Trinajstić information content (AvgIpc) is 2.35. The summed E-state index contributed by atoms with van der Waals surface area (Å²) >= 11 is 0. The number of benzene rings is 1. The van der Waals surface area contributed by atoms with Crippen LogP contribution in [0.25, 0.3) is 0 Å². The summed E-state index contributed by atoms with van der Waals surface area (Å²) in [5.74, 6) is -0.503. The highest BCUT2D eigenvalue weighted by Crippen LogP contribution is 2.15. The number of hydrogen-bond donors (Lipinski definition) is 3. The third kappa shape index (κ3) is 5.86. The summed E-state index contributed by atoms with van der Waals surface area (Å²) < 4.78 is 13.4. The summed E-state index contributed by atoms with van der Waals surface area (Å²) in [5, 5.41) is 12.4. The van der Waals surface area contributed by atoms with Crippen LogP contribution in [-0.4, -0.2) is 23.6 Å². The zero-order chi connectivity index (χ0) is 14.4. The summed E-state index contributed by atoms with van der Waals surface area (Å²) in [6, 6.07) is 5.33. The molecule has 0 saturated carbocycles. The van der Waals surface area contributed by atoms with E-state index in [1.165, 1.54) is 12.1 Å². The molecular weight excluding hydrogens is 283 g/mol. The van der Waals surface area contributed by atoms with Gasteiger partial charge in [-0.1, -0.05) is 32.0 Å². The molecule has 0 aliphatic rings. The summed E-state index contributed by atoms with van der Waals surface area (Å²) in [4.78, 5) is 11.7. The van der Waals surface area contributed by atoms with Gasteiger partial charge in [-0.2, -0.15) is 0 Å². The van der Waals surface area contributed by atoms with Crippen molar-refractivity contribution < 1.29 is 14.3 Å². The Labute approximate surface area is 125 Å². The van der Waals surface area contributed by atoms with Crippen LogP contribution in [0.2, 0.25) is 0 Å². The highest BCUT2D eigenvalue weighted by molar-refractivity contribution is 5.85. The van der Waals surface area contributed by atoms with Gasteiger partial charge in [0.2, 0.25) is 5.91 Å². The maximum absolute atomic E-state index is 13.4. The van der Waals surface area contributed by atoms with Gasteiger partial charge in [0.05, 0.1) is 12.1 Å². The Morgan fingerprint density at radius 1 is 1.40 bits per heavy atom. The number of aliphatic hydroxyl groups excluding tert-OH is 1. The highest BCUT2D eigenvalue weighted by atomic mass is 35.5. The zero-order valence-corrected chi connectivity index (χ0v) is 12.5. The van der Waals surface area contributed by atoms with Gasteiger partial charge < -0.3 is 16.2 Å². The summed E-state index contributed by atoms with van der Waals surface area (Å²) in [6.07, 6.45) is -0.502. The van der Waals surface area contributed by atoms with E-state index in [2.05, 4.69) is 5.32 Å². The van der Waals surface area contributed by atoms with Gasteiger partial charge in [-0.05, 0) is 18.4 Å². The molecule has 0 aliphatic heterocycles. The zero-order valence-electron chi connectivity index (χ0n) is 11.7.